The normalized spacial score (nSPS) is 13.7. The van der Waals surface area contributed by atoms with Crippen LogP contribution in [-0.2, 0) is 4.79 Å². The summed E-state index contributed by atoms with van der Waals surface area (Å²) in [5, 5.41) is 17.1. The number of halogens is 1. The predicted octanol–water partition coefficient (Wildman–Crippen LogP) is 4.80. The van der Waals surface area contributed by atoms with Gasteiger partial charge >= 0.3 is 0 Å². The monoisotopic (exact) mass is 418 g/mol. The smallest absolute Gasteiger partial charge is 0.300 e. The number of anilines is 1. The summed E-state index contributed by atoms with van der Waals surface area (Å²) in [5.74, 6) is 0.0000520. The molecule has 8 heteroatoms. The van der Waals surface area contributed by atoms with Gasteiger partial charge in [0.05, 0.1) is 12.3 Å². The van der Waals surface area contributed by atoms with Crippen molar-refractivity contribution in [3.63, 3.8) is 0 Å². The summed E-state index contributed by atoms with van der Waals surface area (Å²) in [6.07, 6.45) is 0. The standard InChI is InChI=1S/C18H19ClN4S.C2H4O2/c1-11-12(2)24-18-16(11)17(14-5-7-15(19)8-6-14)21-9-10-23(18)13(3)22-20-4;1-2(3)4/h5-8H,4,9-10H2,1-3H3;1H3,(H,3,4)/b22-13-;. The molecule has 0 unspecified atom stereocenters. The number of rotatable bonds is 2. The molecule has 6 nitrogen and oxygen atoms in total. The molecule has 0 atom stereocenters. The molecule has 28 heavy (non-hydrogen) atoms. The molecule has 0 spiro atoms. The van der Waals surface area contributed by atoms with Gasteiger partial charge in [0.1, 0.15) is 10.8 Å². The maximum atomic E-state index is 9.00. The van der Waals surface area contributed by atoms with Crippen molar-refractivity contribution in [2.24, 2.45) is 15.2 Å². The van der Waals surface area contributed by atoms with Crippen molar-refractivity contribution in [2.75, 3.05) is 18.0 Å². The molecule has 0 saturated carbocycles. The molecule has 1 aromatic carbocycles. The zero-order valence-electron chi connectivity index (χ0n) is 16.4. The summed E-state index contributed by atoms with van der Waals surface area (Å²) in [6, 6.07) is 7.87. The Balaban J connectivity index is 0.000000640. The molecule has 0 fully saturated rings. The van der Waals surface area contributed by atoms with Crippen molar-refractivity contribution in [3.8, 4) is 0 Å². The fourth-order valence-electron chi connectivity index (χ4n) is 2.83. The highest BCUT2D eigenvalue weighted by Gasteiger charge is 2.26. The van der Waals surface area contributed by atoms with E-state index in [2.05, 4.69) is 35.7 Å². The average molecular weight is 419 g/mol. The minimum Gasteiger partial charge on any atom is -0.481 e. The lowest BCUT2D eigenvalue weighted by Crippen LogP contribution is -2.30. The second kappa shape index (κ2) is 9.61. The number of thiophene rings is 1. The summed E-state index contributed by atoms with van der Waals surface area (Å²) in [7, 11) is 0. The van der Waals surface area contributed by atoms with Gasteiger partial charge in [0.15, 0.2) is 0 Å². The van der Waals surface area contributed by atoms with Crippen LogP contribution in [-0.4, -0.2) is 42.4 Å². The number of aliphatic imine (C=N–C) groups is 1. The Hall–Kier alpha value is -2.51. The van der Waals surface area contributed by atoms with Crippen LogP contribution >= 0.6 is 22.9 Å². The van der Waals surface area contributed by atoms with Crippen molar-refractivity contribution in [2.45, 2.75) is 27.7 Å². The lowest BCUT2D eigenvalue weighted by Gasteiger charge is -2.21. The maximum Gasteiger partial charge on any atom is 0.300 e. The van der Waals surface area contributed by atoms with Crippen LogP contribution in [0.25, 0.3) is 0 Å². The summed E-state index contributed by atoms with van der Waals surface area (Å²) >= 11 is 7.81. The van der Waals surface area contributed by atoms with Gasteiger partial charge in [0.2, 0.25) is 0 Å². The van der Waals surface area contributed by atoms with E-state index in [4.69, 9.17) is 26.5 Å². The van der Waals surface area contributed by atoms with Crippen LogP contribution in [0, 0.1) is 13.8 Å². The van der Waals surface area contributed by atoms with Gasteiger partial charge in [-0.05, 0) is 38.5 Å². The van der Waals surface area contributed by atoms with Gasteiger partial charge < -0.3 is 10.0 Å². The van der Waals surface area contributed by atoms with Gasteiger partial charge in [0, 0.05) is 41.2 Å². The van der Waals surface area contributed by atoms with Crippen LogP contribution < -0.4 is 4.90 Å². The number of carboxylic acids is 1. The van der Waals surface area contributed by atoms with E-state index in [9.17, 15) is 0 Å². The van der Waals surface area contributed by atoms with Crippen LogP contribution in [0.2, 0.25) is 5.02 Å². The molecular weight excluding hydrogens is 396 g/mol. The minimum absolute atomic E-state index is 0.696. The quantitative estimate of drug-likeness (QED) is 0.432. The molecule has 1 N–H and O–H groups in total. The lowest BCUT2D eigenvalue weighted by molar-refractivity contribution is -0.134. The number of fused-ring (bicyclic) bond motifs is 1. The van der Waals surface area contributed by atoms with E-state index in [0.29, 0.717) is 6.54 Å². The number of hydrogen-bond acceptors (Lipinski definition) is 5. The number of benzene rings is 1. The van der Waals surface area contributed by atoms with Gasteiger partial charge in [0.25, 0.3) is 5.97 Å². The molecular formula is C20H23ClN4O2S. The van der Waals surface area contributed by atoms with E-state index >= 15 is 0 Å². The maximum absolute atomic E-state index is 9.00. The highest BCUT2D eigenvalue weighted by molar-refractivity contribution is 7.17. The largest absolute Gasteiger partial charge is 0.481 e. The predicted molar refractivity (Wildman–Crippen MR) is 119 cm³/mol. The Labute approximate surface area is 173 Å². The summed E-state index contributed by atoms with van der Waals surface area (Å²) in [5.41, 5.74) is 4.54. The highest BCUT2D eigenvalue weighted by atomic mass is 35.5. The van der Waals surface area contributed by atoms with Gasteiger partial charge in [-0.1, -0.05) is 23.7 Å². The average Bonchev–Trinajstić information content (AvgIpc) is 2.80. The molecule has 0 saturated heterocycles. The molecule has 3 rings (SSSR count). The Bertz CT molecular complexity index is 928. The van der Waals surface area contributed by atoms with Crippen LogP contribution in [0.1, 0.15) is 35.4 Å². The van der Waals surface area contributed by atoms with Gasteiger partial charge in [-0.25, -0.2) is 0 Å². The van der Waals surface area contributed by atoms with E-state index in [-0.39, 0.29) is 0 Å². The first-order chi connectivity index (χ1) is 13.3. The SMILES string of the molecule is C=N/N=C(/C)N1CCN=C(c2ccc(Cl)cc2)c2c1sc(C)c2C.CC(=O)O. The molecule has 148 valence electrons. The zero-order chi connectivity index (χ0) is 20.8. The Kier molecular flexibility index (Phi) is 7.48. The fourth-order valence-corrected chi connectivity index (χ4v) is 4.19. The third-order valence-electron chi connectivity index (χ3n) is 4.17. The molecule has 0 aliphatic carbocycles. The van der Waals surface area contributed by atoms with Crippen molar-refractivity contribution in [3.05, 3.63) is 50.9 Å². The number of aliphatic carboxylic acids is 1. The molecule has 1 aromatic heterocycles. The summed E-state index contributed by atoms with van der Waals surface area (Å²) in [4.78, 5) is 17.3. The van der Waals surface area contributed by atoms with Gasteiger partial charge in [-0.3, -0.25) is 9.79 Å². The lowest BCUT2D eigenvalue weighted by atomic mass is 10.00. The first kappa shape index (κ1) is 21.8. The Morgan fingerprint density at radius 1 is 1.29 bits per heavy atom. The number of amidine groups is 1. The first-order valence-corrected chi connectivity index (χ1v) is 9.83. The molecule has 2 heterocycles. The van der Waals surface area contributed by atoms with E-state index in [1.165, 1.54) is 21.0 Å². The van der Waals surface area contributed by atoms with Gasteiger partial charge in [-0.2, -0.15) is 5.10 Å². The molecule has 2 aromatic rings. The molecule has 1 aliphatic rings. The van der Waals surface area contributed by atoms with Crippen LogP contribution in [0.5, 0.6) is 0 Å². The molecule has 0 radical (unpaired) electrons. The van der Waals surface area contributed by atoms with E-state index in [1.807, 2.05) is 31.2 Å². The Morgan fingerprint density at radius 3 is 2.46 bits per heavy atom. The second-order valence-corrected chi connectivity index (χ2v) is 7.80. The second-order valence-electron chi connectivity index (χ2n) is 6.16. The molecule has 1 aliphatic heterocycles. The van der Waals surface area contributed by atoms with Crippen molar-refractivity contribution in [1.82, 2.24) is 0 Å². The van der Waals surface area contributed by atoms with Gasteiger partial charge in [-0.15, -0.1) is 16.4 Å². The minimum atomic E-state index is -0.833. The molecule has 0 amide bonds. The first-order valence-electron chi connectivity index (χ1n) is 8.64. The van der Waals surface area contributed by atoms with Crippen LogP contribution in [0.4, 0.5) is 5.00 Å². The number of hydrogen-bond donors (Lipinski definition) is 1. The van der Waals surface area contributed by atoms with Crippen molar-refractivity contribution in [1.29, 1.82) is 0 Å². The summed E-state index contributed by atoms with van der Waals surface area (Å²) in [6.45, 7) is 12.3. The van der Waals surface area contributed by atoms with Crippen LogP contribution in [0.15, 0.2) is 39.5 Å². The third kappa shape index (κ3) is 5.05. The van der Waals surface area contributed by atoms with Crippen molar-refractivity contribution >= 4 is 52.2 Å². The zero-order valence-corrected chi connectivity index (χ0v) is 17.9. The topological polar surface area (TPSA) is 77.6 Å². The summed E-state index contributed by atoms with van der Waals surface area (Å²) < 4.78 is 0. The number of carbonyl (C=O) groups is 1. The fraction of sp³-hybridized carbons (Fsp3) is 0.300. The number of nitrogens with zero attached hydrogens (tertiary/aromatic N) is 4. The van der Waals surface area contributed by atoms with Crippen LogP contribution in [0.3, 0.4) is 0 Å². The van der Waals surface area contributed by atoms with E-state index in [0.717, 1.165) is 35.6 Å². The number of aryl methyl sites for hydroxylation is 1. The Morgan fingerprint density at radius 2 is 1.89 bits per heavy atom. The third-order valence-corrected chi connectivity index (χ3v) is 5.65. The number of carboxylic acid groups (broad SMARTS) is 1. The molecule has 0 bridgehead atoms. The van der Waals surface area contributed by atoms with E-state index < -0.39 is 5.97 Å². The van der Waals surface area contributed by atoms with E-state index in [1.54, 1.807) is 11.3 Å². The highest BCUT2D eigenvalue weighted by Crippen LogP contribution is 2.38. The van der Waals surface area contributed by atoms with Crippen molar-refractivity contribution < 1.29 is 9.90 Å².